The molecule has 0 fully saturated rings. The van der Waals surface area contributed by atoms with Gasteiger partial charge in [-0.05, 0) is 35.0 Å². The van der Waals surface area contributed by atoms with Crippen molar-refractivity contribution >= 4 is 21.7 Å². The number of phenols is 1. The van der Waals surface area contributed by atoms with E-state index in [4.69, 9.17) is 0 Å². The normalized spacial score (nSPS) is 11.1. The predicted molar refractivity (Wildman–Crippen MR) is 87.0 cm³/mol. The minimum atomic E-state index is -0.260. The number of hydrogen-bond acceptors (Lipinski definition) is 3. The summed E-state index contributed by atoms with van der Waals surface area (Å²) in [5, 5.41) is 12.1. The Kier molecular flexibility index (Phi) is 2.69. The molecule has 0 amide bonds. The van der Waals surface area contributed by atoms with E-state index in [0.717, 1.165) is 16.3 Å². The van der Waals surface area contributed by atoms with E-state index >= 15 is 0 Å². The SMILES string of the molecule is O=c1[nH]c(-c2ccc3ccccc3c2)nc2ccc(O)cc12. The average molecular weight is 288 g/mol. The predicted octanol–water partition coefficient (Wildman–Crippen LogP) is 3.45. The summed E-state index contributed by atoms with van der Waals surface area (Å²) in [6, 6.07) is 18.6. The molecule has 0 atom stereocenters. The van der Waals surface area contributed by atoms with Crippen molar-refractivity contribution in [2.75, 3.05) is 0 Å². The molecule has 0 aliphatic heterocycles. The quantitative estimate of drug-likeness (QED) is 0.564. The van der Waals surface area contributed by atoms with Crippen LogP contribution in [-0.4, -0.2) is 15.1 Å². The highest BCUT2D eigenvalue weighted by Gasteiger charge is 2.07. The van der Waals surface area contributed by atoms with Gasteiger partial charge >= 0.3 is 0 Å². The molecule has 4 rings (SSSR count). The molecule has 106 valence electrons. The first-order valence-corrected chi connectivity index (χ1v) is 6.93. The molecule has 0 saturated heterocycles. The van der Waals surface area contributed by atoms with Gasteiger partial charge in [0.2, 0.25) is 0 Å². The van der Waals surface area contributed by atoms with Crippen molar-refractivity contribution in [2.24, 2.45) is 0 Å². The first-order chi connectivity index (χ1) is 10.7. The summed E-state index contributed by atoms with van der Waals surface area (Å²) in [7, 11) is 0. The Bertz CT molecular complexity index is 1070. The number of phenolic OH excluding ortho intramolecular Hbond substituents is 1. The van der Waals surface area contributed by atoms with Crippen LogP contribution in [0.1, 0.15) is 0 Å². The second-order valence-corrected chi connectivity index (χ2v) is 5.18. The molecule has 0 saturated carbocycles. The van der Waals surface area contributed by atoms with Gasteiger partial charge in [0, 0.05) is 5.56 Å². The van der Waals surface area contributed by atoms with Crippen LogP contribution in [0.5, 0.6) is 5.75 Å². The fourth-order valence-electron chi connectivity index (χ4n) is 2.60. The third kappa shape index (κ3) is 2.02. The van der Waals surface area contributed by atoms with E-state index in [2.05, 4.69) is 9.97 Å². The Hall–Kier alpha value is -3.14. The van der Waals surface area contributed by atoms with Crippen molar-refractivity contribution in [3.63, 3.8) is 0 Å². The second-order valence-electron chi connectivity index (χ2n) is 5.18. The lowest BCUT2D eigenvalue weighted by molar-refractivity contribution is 0.476. The smallest absolute Gasteiger partial charge is 0.259 e. The molecule has 0 spiro atoms. The van der Waals surface area contributed by atoms with Crippen LogP contribution < -0.4 is 5.56 Å². The summed E-state index contributed by atoms with van der Waals surface area (Å²) in [6.07, 6.45) is 0. The van der Waals surface area contributed by atoms with Crippen LogP contribution in [0.4, 0.5) is 0 Å². The molecule has 1 aromatic heterocycles. The van der Waals surface area contributed by atoms with E-state index in [9.17, 15) is 9.90 Å². The number of aromatic amines is 1. The largest absolute Gasteiger partial charge is 0.508 e. The summed E-state index contributed by atoms with van der Waals surface area (Å²) in [6.45, 7) is 0. The Balaban J connectivity index is 1.96. The van der Waals surface area contributed by atoms with Gasteiger partial charge in [0.15, 0.2) is 0 Å². The van der Waals surface area contributed by atoms with Crippen LogP contribution >= 0.6 is 0 Å². The van der Waals surface area contributed by atoms with Gasteiger partial charge in [-0.2, -0.15) is 0 Å². The van der Waals surface area contributed by atoms with E-state index < -0.39 is 0 Å². The van der Waals surface area contributed by atoms with Gasteiger partial charge < -0.3 is 10.1 Å². The lowest BCUT2D eigenvalue weighted by Gasteiger charge is -2.05. The van der Waals surface area contributed by atoms with Crippen LogP contribution in [0.2, 0.25) is 0 Å². The summed E-state index contributed by atoms with van der Waals surface area (Å²) in [5.74, 6) is 0.576. The highest BCUT2D eigenvalue weighted by Crippen LogP contribution is 2.23. The van der Waals surface area contributed by atoms with Crippen LogP contribution in [0, 0.1) is 0 Å². The standard InChI is InChI=1S/C18H12N2O2/c21-14-7-8-16-15(10-14)18(22)20-17(19-16)13-6-5-11-3-1-2-4-12(11)9-13/h1-10,21H,(H,19,20,22). The van der Waals surface area contributed by atoms with Gasteiger partial charge in [-0.15, -0.1) is 0 Å². The Morgan fingerprint density at radius 1 is 0.909 bits per heavy atom. The average Bonchev–Trinajstić information content (AvgIpc) is 2.55. The maximum absolute atomic E-state index is 12.2. The number of nitrogens with zero attached hydrogens (tertiary/aromatic N) is 1. The van der Waals surface area contributed by atoms with Crippen molar-refractivity contribution in [1.29, 1.82) is 0 Å². The number of hydrogen-bond donors (Lipinski definition) is 2. The number of rotatable bonds is 1. The van der Waals surface area contributed by atoms with E-state index in [1.54, 1.807) is 6.07 Å². The topological polar surface area (TPSA) is 66.0 Å². The van der Waals surface area contributed by atoms with E-state index in [1.165, 1.54) is 12.1 Å². The van der Waals surface area contributed by atoms with Gasteiger partial charge in [-0.1, -0.05) is 36.4 Å². The van der Waals surface area contributed by atoms with Gasteiger partial charge in [0.25, 0.3) is 5.56 Å². The van der Waals surface area contributed by atoms with Crippen LogP contribution in [0.25, 0.3) is 33.1 Å². The number of H-pyrrole nitrogens is 1. The maximum Gasteiger partial charge on any atom is 0.259 e. The zero-order valence-electron chi connectivity index (χ0n) is 11.6. The second kappa shape index (κ2) is 4.70. The molecule has 0 bridgehead atoms. The zero-order valence-corrected chi connectivity index (χ0v) is 11.6. The van der Waals surface area contributed by atoms with Gasteiger partial charge in [-0.25, -0.2) is 4.98 Å². The molecule has 22 heavy (non-hydrogen) atoms. The number of aromatic hydroxyl groups is 1. The maximum atomic E-state index is 12.2. The molecule has 3 aromatic carbocycles. The first kappa shape index (κ1) is 12.6. The lowest BCUT2D eigenvalue weighted by Crippen LogP contribution is -2.09. The van der Waals surface area contributed by atoms with Gasteiger partial charge in [0.1, 0.15) is 11.6 Å². The van der Waals surface area contributed by atoms with Crippen molar-refractivity contribution in [3.8, 4) is 17.1 Å². The van der Waals surface area contributed by atoms with Gasteiger partial charge in [0.05, 0.1) is 10.9 Å². The molecule has 0 aliphatic carbocycles. The molecule has 0 aliphatic rings. The number of aromatic nitrogens is 2. The summed E-state index contributed by atoms with van der Waals surface area (Å²) < 4.78 is 0. The third-order valence-corrected chi connectivity index (χ3v) is 3.71. The molecular formula is C18H12N2O2. The molecular weight excluding hydrogens is 276 g/mol. The van der Waals surface area contributed by atoms with Crippen LogP contribution in [-0.2, 0) is 0 Å². The zero-order chi connectivity index (χ0) is 15.1. The summed E-state index contributed by atoms with van der Waals surface area (Å²) in [5.41, 5.74) is 1.15. The molecule has 4 nitrogen and oxygen atoms in total. The monoisotopic (exact) mass is 288 g/mol. The Morgan fingerprint density at radius 2 is 1.73 bits per heavy atom. The molecule has 2 N–H and O–H groups in total. The van der Waals surface area contributed by atoms with E-state index in [1.807, 2.05) is 42.5 Å². The van der Waals surface area contributed by atoms with E-state index in [-0.39, 0.29) is 11.3 Å². The lowest BCUT2D eigenvalue weighted by atomic mass is 10.1. The highest BCUT2D eigenvalue weighted by atomic mass is 16.3. The summed E-state index contributed by atoms with van der Waals surface area (Å²) >= 11 is 0. The van der Waals surface area contributed by atoms with Crippen LogP contribution in [0.3, 0.4) is 0 Å². The minimum absolute atomic E-state index is 0.0539. The van der Waals surface area contributed by atoms with Gasteiger partial charge in [-0.3, -0.25) is 4.79 Å². The van der Waals surface area contributed by atoms with Crippen molar-refractivity contribution < 1.29 is 5.11 Å². The number of nitrogens with one attached hydrogen (secondary N) is 1. The molecule has 0 unspecified atom stereocenters. The fourth-order valence-corrected chi connectivity index (χ4v) is 2.60. The molecule has 4 heteroatoms. The molecule has 0 radical (unpaired) electrons. The van der Waals surface area contributed by atoms with E-state index in [0.29, 0.717) is 16.7 Å². The number of benzene rings is 3. The Labute approximate surface area is 125 Å². The number of fused-ring (bicyclic) bond motifs is 2. The highest BCUT2D eigenvalue weighted by molar-refractivity contribution is 5.87. The fraction of sp³-hybridized carbons (Fsp3) is 0. The van der Waals surface area contributed by atoms with Crippen molar-refractivity contribution in [3.05, 3.63) is 71.0 Å². The first-order valence-electron chi connectivity index (χ1n) is 6.93. The van der Waals surface area contributed by atoms with Crippen molar-refractivity contribution in [1.82, 2.24) is 9.97 Å². The Morgan fingerprint density at radius 3 is 2.59 bits per heavy atom. The molecule has 4 aromatic rings. The summed E-state index contributed by atoms with van der Waals surface area (Å²) in [4.78, 5) is 19.5. The van der Waals surface area contributed by atoms with Crippen molar-refractivity contribution in [2.45, 2.75) is 0 Å². The molecule has 1 heterocycles. The minimum Gasteiger partial charge on any atom is -0.508 e. The third-order valence-electron chi connectivity index (χ3n) is 3.71. The van der Waals surface area contributed by atoms with Crippen LogP contribution in [0.15, 0.2) is 65.5 Å².